The van der Waals surface area contributed by atoms with E-state index >= 15 is 8.78 Å². The highest BCUT2D eigenvalue weighted by Gasteiger charge is 2.44. The molecule has 1 fully saturated rings. The van der Waals surface area contributed by atoms with E-state index in [2.05, 4.69) is 30.8 Å². The summed E-state index contributed by atoms with van der Waals surface area (Å²) in [5.41, 5.74) is 10.8. The maximum Gasteiger partial charge on any atom is 0.299 e. The SMILES string of the molecule is CCCCC1CC(c2nc3ccc(-c4ccc5c(c4)C(F)(F)c4cc(N)ccc4-5)cc3[nH]2)N(C)C1C. The second-order valence-corrected chi connectivity index (χ2v) is 10.6. The van der Waals surface area contributed by atoms with E-state index in [0.717, 1.165) is 34.4 Å². The first kappa shape index (κ1) is 23.2. The van der Waals surface area contributed by atoms with Crippen molar-refractivity contribution in [3.8, 4) is 22.3 Å². The highest BCUT2D eigenvalue weighted by atomic mass is 19.3. The minimum absolute atomic E-state index is 0.0181. The first-order chi connectivity index (χ1) is 17.3. The van der Waals surface area contributed by atoms with Gasteiger partial charge in [-0.2, -0.15) is 8.78 Å². The molecule has 3 unspecified atom stereocenters. The van der Waals surface area contributed by atoms with Gasteiger partial charge in [-0.3, -0.25) is 4.90 Å². The number of hydrogen-bond donors (Lipinski definition) is 2. The van der Waals surface area contributed by atoms with Crippen LogP contribution in [0, 0.1) is 5.92 Å². The lowest BCUT2D eigenvalue weighted by Gasteiger charge is -2.23. The van der Waals surface area contributed by atoms with Crippen LogP contribution >= 0.6 is 0 Å². The van der Waals surface area contributed by atoms with Crippen molar-refractivity contribution in [2.75, 3.05) is 12.8 Å². The van der Waals surface area contributed by atoms with Crippen molar-refractivity contribution in [3.05, 3.63) is 71.5 Å². The van der Waals surface area contributed by atoms with Crippen LogP contribution in [0.4, 0.5) is 14.5 Å². The first-order valence-corrected chi connectivity index (χ1v) is 12.9. The van der Waals surface area contributed by atoms with Crippen LogP contribution in [-0.4, -0.2) is 28.0 Å². The Labute approximate surface area is 210 Å². The molecule has 186 valence electrons. The van der Waals surface area contributed by atoms with Gasteiger partial charge in [0.15, 0.2) is 0 Å². The third kappa shape index (κ3) is 3.53. The number of nitrogens with two attached hydrogens (primary N) is 1. The molecule has 0 amide bonds. The number of aromatic amines is 1. The minimum atomic E-state index is -3.07. The van der Waals surface area contributed by atoms with Crippen molar-refractivity contribution in [2.24, 2.45) is 5.92 Å². The second kappa shape index (κ2) is 8.41. The van der Waals surface area contributed by atoms with Gasteiger partial charge in [-0.25, -0.2) is 4.98 Å². The summed E-state index contributed by atoms with van der Waals surface area (Å²) >= 11 is 0. The molecule has 1 aliphatic heterocycles. The van der Waals surface area contributed by atoms with E-state index < -0.39 is 5.92 Å². The predicted octanol–water partition coefficient (Wildman–Crippen LogP) is 7.50. The Morgan fingerprint density at radius 2 is 1.72 bits per heavy atom. The largest absolute Gasteiger partial charge is 0.399 e. The lowest BCUT2D eigenvalue weighted by molar-refractivity contribution is 0.0481. The Hall–Kier alpha value is -3.25. The van der Waals surface area contributed by atoms with Gasteiger partial charge in [0.2, 0.25) is 0 Å². The molecule has 3 atom stereocenters. The van der Waals surface area contributed by atoms with E-state index in [1.54, 1.807) is 24.3 Å². The summed E-state index contributed by atoms with van der Waals surface area (Å²) in [6.45, 7) is 4.56. The highest BCUT2D eigenvalue weighted by Crippen LogP contribution is 2.52. The van der Waals surface area contributed by atoms with Crippen LogP contribution in [0.3, 0.4) is 0 Å². The summed E-state index contributed by atoms with van der Waals surface area (Å²) in [5, 5.41) is 0. The Kier molecular flexibility index (Phi) is 5.41. The number of fused-ring (bicyclic) bond motifs is 4. The van der Waals surface area contributed by atoms with Gasteiger partial charge in [0, 0.05) is 22.9 Å². The number of likely N-dealkylation sites (tertiary alicyclic amines) is 1. The number of aromatic nitrogens is 2. The Bertz CT molecular complexity index is 1460. The summed E-state index contributed by atoms with van der Waals surface area (Å²) in [6.07, 6.45) is 4.84. The molecular weight excluding hydrogens is 454 g/mol. The Morgan fingerprint density at radius 1 is 1.03 bits per heavy atom. The number of nitrogen functional groups attached to an aromatic ring is 1. The minimum Gasteiger partial charge on any atom is -0.399 e. The van der Waals surface area contributed by atoms with Crippen molar-refractivity contribution in [1.29, 1.82) is 0 Å². The van der Waals surface area contributed by atoms with Gasteiger partial charge in [-0.1, -0.05) is 44.0 Å². The number of rotatable bonds is 5. The van der Waals surface area contributed by atoms with Gasteiger partial charge in [-0.15, -0.1) is 0 Å². The number of halogens is 2. The zero-order valence-electron chi connectivity index (χ0n) is 21.0. The number of anilines is 1. The van der Waals surface area contributed by atoms with Crippen LogP contribution in [0.2, 0.25) is 0 Å². The van der Waals surface area contributed by atoms with Crippen molar-refractivity contribution in [1.82, 2.24) is 14.9 Å². The monoisotopic (exact) mass is 486 g/mol. The number of benzene rings is 3. The molecule has 6 rings (SSSR count). The normalized spacial score (nSPS) is 22.8. The maximum absolute atomic E-state index is 15.3. The number of hydrogen-bond acceptors (Lipinski definition) is 3. The number of imidazole rings is 1. The fourth-order valence-corrected chi connectivity index (χ4v) is 6.18. The number of unbranched alkanes of at least 4 members (excludes halogenated alkanes) is 1. The van der Waals surface area contributed by atoms with E-state index in [1.807, 2.05) is 24.3 Å². The quantitative estimate of drug-likeness (QED) is 0.287. The molecule has 1 aromatic heterocycles. The van der Waals surface area contributed by atoms with Gasteiger partial charge in [-0.05, 0) is 85.3 Å². The van der Waals surface area contributed by atoms with Crippen LogP contribution in [0.1, 0.15) is 62.5 Å². The van der Waals surface area contributed by atoms with E-state index in [9.17, 15) is 0 Å². The van der Waals surface area contributed by atoms with Gasteiger partial charge in [0.05, 0.1) is 17.1 Å². The lowest BCUT2D eigenvalue weighted by atomic mass is 9.94. The molecule has 4 aromatic rings. The smallest absolute Gasteiger partial charge is 0.299 e. The molecule has 36 heavy (non-hydrogen) atoms. The standard InChI is InChI=1S/C30H32F2N4/c1-4-5-6-18-15-28(36(3)17(18)2)29-34-26-12-8-20(14-27(26)35-29)19-7-10-22-23-11-9-21(33)16-25(23)30(31,32)24(22)13-19/h7-14,16-18,28H,4-6,15,33H2,1-3H3,(H,34,35). The molecule has 2 heterocycles. The van der Waals surface area contributed by atoms with Crippen LogP contribution in [0.5, 0.6) is 0 Å². The summed E-state index contributed by atoms with van der Waals surface area (Å²) in [5.74, 6) is -1.40. The Morgan fingerprint density at radius 3 is 2.50 bits per heavy atom. The maximum atomic E-state index is 15.3. The third-order valence-corrected chi connectivity index (χ3v) is 8.45. The first-order valence-electron chi connectivity index (χ1n) is 12.9. The number of nitrogens with zero attached hydrogens (tertiary/aromatic N) is 2. The van der Waals surface area contributed by atoms with Gasteiger partial charge >= 0.3 is 0 Å². The molecule has 4 nitrogen and oxygen atoms in total. The predicted molar refractivity (Wildman–Crippen MR) is 142 cm³/mol. The summed E-state index contributed by atoms with van der Waals surface area (Å²) < 4.78 is 30.7. The van der Waals surface area contributed by atoms with Gasteiger partial charge < -0.3 is 10.7 Å². The summed E-state index contributed by atoms with van der Waals surface area (Å²) in [7, 11) is 2.19. The van der Waals surface area contributed by atoms with Gasteiger partial charge in [0.1, 0.15) is 5.82 Å². The van der Waals surface area contributed by atoms with Crippen molar-refractivity contribution < 1.29 is 8.78 Å². The molecule has 6 heteroatoms. The van der Waals surface area contributed by atoms with Crippen LogP contribution in [-0.2, 0) is 5.92 Å². The highest BCUT2D eigenvalue weighted by molar-refractivity contribution is 5.86. The fourth-order valence-electron chi connectivity index (χ4n) is 6.18. The fraction of sp³-hybridized carbons (Fsp3) is 0.367. The van der Waals surface area contributed by atoms with E-state index in [-0.39, 0.29) is 17.2 Å². The number of H-pyrrole nitrogens is 1. The average Bonchev–Trinajstić information content (AvgIpc) is 3.48. The van der Waals surface area contributed by atoms with E-state index in [1.165, 1.54) is 25.3 Å². The molecule has 0 saturated carbocycles. The topological polar surface area (TPSA) is 57.9 Å². The third-order valence-electron chi connectivity index (χ3n) is 8.45. The molecular formula is C30H32F2N4. The zero-order chi connectivity index (χ0) is 25.2. The molecule has 0 radical (unpaired) electrons. The van der Waals surface area contributed by atoms with Gasteiger partial charge in [0.25, 0.3) is 5.92 Å². The molecule has 0 spiro atoms. The molecule has 1 saturated heterocycles. The average molecular weight is 487 g/mol. The van der Waals surface area contributed by atoms with E-state index in [0.29, 0.717) is 28.8 Å². The number of alkyl halides is 2. The molecule has 2 aliphatic rings. The van der Waals surface area contributed by atoms with Crippen LogP contribution in [0.25, 0.3) is 33.3 Å². The zero-order valence-corrected chi connectivity index (χ0v) is 21.0. The molecule has 3 aromatic carbocycles. The van der Waals surface area contributed by atoms with E-state index in [4.69, 9.17) is 10.7 Å². The van der Waals surface area contributed by atoms with Crippen molar-refractivity contribution in [3.63, 3.8) is 0 Å². The van der Waals surface area contributed by atoms with Crippen molar-refractivity contribution >= 4 is 16.7 Å². The summed E-state index contributed by atoms with van der Waals surface area (Å²) in [4.78, 5) is 10.9. The second-order valence-electron chi connectivity index (χ2n) is 10.6. The molecule has 3 N–H and O–H groups in total. The summed E-state index contributed by atoms with van der Waals surface area (Å²) in [6, 6.07) is 16.9. The lowest BCUT2D eigenvalue weighted by Crippen LogP contribution is -2.28. The van der Waals surface area contributed by atoms with Crippen LogP contribution in [0.15, 0.2) is 54.6 Å². The molecule has 1 aliphatic carbocycles. The molecule has 0 bridgehead atoms. The number of nitrogens with one attached hydrogen (secondary N) is 1. The van der Waals surface area contributed by atoms with Crippen molar-refractivity contribution in [2.45, 2.75) is 57.5 Å². The Balaban J connectivity index is 1.33. The van der Waals surface area contributed by atoms with Crippen LogP contribution < -0.4 is 5.73 Å².